The summed E-state index contributed by atoms with van der Waals surface area (Å²) >= 11 is 0. The quantitative estimate of drug-likeness (QED) is 0.586. The van der Waals surface area contributed by atoms with Gasteiger partial charge in [-0.05, 0) is 44.1 Å². The molecule has 0 bridgehead atoms. The maximum absolute atomic E-state index is 13.1. The molecule has 140 valence electrons. The van der Waals surface area contributed by atoms with Crippen LogP contribution >= 0.6 is 0 Å². The molecule has 1 fully saturated rings. The molecule has 0 amide bonds. The maximum Gasteiger partial charge on any atom is 0.426 e. The van der Waals surface area contributed by atoms with Gasteiger partial charge in [0, 0.05) is 6.54 Å². The fraction of sp³-hybridized carbons (Fsp3) is 0.562. The Bertz CT molecular complexity index is 593. The van der Waals surface area contributed by atoms with E-state index in [2.05, 4.69) is 4.74 Å². The number of ether oxygens (including phenoxy) is 1. The standard InChI is InChI=1S/C16H17F6NO2/c17-15(18,19)12-6-4-5-11(9-12)14(24)25-13(16(20,21)22)10-23-7-2-1-3-8-23/h4-6,9,13H,1-3,7-8,10H2. The predicted octanol–water partition coefficient (Wildman–Crippen LogP) is 4.28. The fourth-order valence-corrected chi connectivity index (χ4v) is 2.60. The minimum atomic E-state index is -4.80. The molecule has 0 saturated carbocycles. The minimum Gasteiger partial charge on any atom is -0.448 e. The summed E-state index contributed by atoms with van der Waals surface area (Å²) in [6.45, 7) is 0.412. The number of carbonyl (C=O) groups is 1. The van der Waals surface area contributed by atoms with Crippen LogP contribution in [0, 0.1) is 0 Å². The predicted molar refractivity (Wildman–Crippen MR) is 77.0 cm³/mol. The van der Waals surface area contributed by atoms with Crippen LogP contribution in [0.2, 0.25) is 0 Å². The fourth-order valence-electron chi connectivity index (χ4n) is 2.60. The molecule has 1 aromatic rings. The number of benzene rings is 1. The zero-order valence-electron chi connectivity index (χ0n) is 13.2. The number of alkyl halides is 6. The van der Waals surface area contributed by atoms with Crippen LogP contribution < -0.4 is 0 Å². The lowest BCUT2D eigenvalue weighted by atomic mass is 10.1. The van der Waals surface area contributed by atoms with Gasteiger partial charge in [-0.15, -0.1) is 0 Å². The molecule has 1 aromatic carbocycles. The summed E-state index contributed by atoms with van der Waals surface area (Å²) in [5, 5.41) is 0. The largest absolute Gasteiger partial charge is 0.448 e. The minimum absolute atomic E-state index is 0.466. The number of carbonyl (C=O) groups excluding carboxylic acids is 1. The zero-order valence-corrected chi connectivity index (χ0v) is 13.2. The number of rotatable bonds is 4. The molecular weight excluding hydrogens is 352 g/mol. The van der Waals surface area contributed by atoms with Crippen molar-refractivity contribution in [3.8, 4) is 0 Å². The van der Waals surface area contributed by atoms with Crippen molar-refractivity contribution in [2.45, 2.75) is 37.7 Å². The van der Waals surface area contributed by atoms with E-state index >= 15 is 0 Å². The van der Waals surface area contributed by atoms with Crippen molar-refractivity contribution in [1.82, 2.24) is 4.90 Å². The molecule has 1 heterocycles. The molecule has 1 saturated heterocycles. The number of likely N-dealkylation sites (tertiary alicyclic amines) is 1. The lowest BCUT2D eigenvalue weighted by molar-refractivity contribution is -0.209. The van der Waals surface area contributed by atoms with Gasteiger partial charge < -0.3 is 4.74 Å². The van der Waals surface area contributed by atoms with Crippen molar-refractivity contribution in [2.24, 2.45) is 0 Å². The summed E-state index contributed by atoms with van der Waals surface area (Å²) in [5.74, 6) is -1.43. The van der Waals surface area contributed by atoms with Crippen molar-refractivity contribution in [3.05, 3.63) is 35.4 Å². The Labute approximate surface area is 140 Å². The third-order valence-electron chi connectivity index (χ3n) is 3.91. The highest BCUT2D eigenvalue weighted by atomic mass is 19.4. The topological polar surface area (TPSA) is 29.5 Å². The first-order chi connectivity index (χ1) is 11.6. The highest BCUT2D eigenvalue weighted by Gasteiger charge is 2.44. The Kier molecular flexibility index (Phi) is 5.97. The molecule has 25 heavy (non-hydrogen) atoms. The summed E-state index contributed by atoms with van der Waals surface area (Å²) in [7, 11) is 0. The third-order valence-corrected chi connectivity index (χ3v) is 3.91. The van der Waals surface area contributed by atoms with Crippen LogP contribution in [0.5, 0.6) is 0 Å². The molecular formula is C16H17F6NO2. The van der Waals surface area contributed by atoms with E-state index in [1.807, 2.05) is 0 Å². The van der Waals surface area contributed by atoms with Crippen LogP contribution in [0.15, 0.2) is 24.3 Å². The number of hydrogen-bond donors (Lipinski definition) is 0. The van der Waals surface area contributed by atoms with Gasteiger partial charge in [0.25, 0.3) is 0 Å². The van der Waals surface area contributed by atoms with E-state index in [-0.39, 0.29) is 0 Å². The molecule has 0 N–H and O–H groups in total. The molecule has 0 aliphatic carbocycles. The lowest BCUT2D eigenvalue weighted by Gasteiger charge is -2.31. The van der Waals surface area contributed by atoms with E-state index in [9.17, 15) is 31.1 Å². The summed E-state index contributed by atoms with van der Waals surface area (Å²) < 4.78 is 81.9. The van der Waals surface area contributed by atoms with E-state index in [1.54, 1.807) is 4.90 Å². The Morgan fingerprint density at radius 3 is 2.28 bits per heavy atom. The molecule has 1 atom stereocenters. The first-order valence-corrected chi connectivity index (χ1v) is 7.74. The van der Waals surface area contributed by atoms with Crippen LogP contribution in [0.3, 0.4) is 0 Å². The van der Waals surface area contributed by atoms with Gasteiger partial charge in [-0.2, -0.15) is 26.3 Å². The number of nitrogens with zero attached hydrogens (tertiary/aromatic N) is 1. The van der Waals surface area contributed by atoms with Crippen molar-refractivity contribution < 1.29 is 35.9 Å². The Morgan fingerprint density at radius 1 is 1.08 bits per heavy atom. The van der Waals surface area contributed by atoms with Gasteiger partial charge >= 0.3 is 18.3 Å². The summed E-state index contributed by atoms with van der Waals surface area (Å²) in [6.07, 6.45) is -9.44. The first kappa shape index (κ1) is 19.6. The van der Waals surface area contributed by atoms with Crippen LogP contribution in [0.25, 0.3) is 0 Å². The average molecular weight is 369 g/mol. The van der Waals surface area contributed by atoms with Gasteiger partial charge in [-0.3, -0.25) is 4.90 Å². The number of halogens is 6. The summed E-state index contributed by atoms with van der Waals surface area (Å²) in [4.78, 5) is 13.5. The van der Waals surface area contributed by atoms with Gasteiger partial charge in [0.15, 0.2) is 0 Å². The van der Waals surface area contributed by atoms with Gasteiger partial charge in [0.1, 0.15) is 0 Å². The zero-order chi connectivity index (χ0) is 18.7. The second-order valence-corrected chi connectivity index (χ2v) is 5.88. The first-order valence-electron chi connectivity index (χ1n) is 7.74. The van der Waals surface area contributed by atoms with Crippen molar-refractivity contribution in [3.63, 3.8) is 0 Å². The molecule has 3 nitrogen and oxygen atoms in total. The normalized spacial score (nSPS) is 18.0. The SMILES string of the molecule is O=C(OC(CN1CCCCC1)C(F)(F)F)c1cccc(C(F)(F)F)c1. The highest BCUT2D eigenvalue weighted by Crippen LogP contribution is 2.30. The van der Waals surface area contributed by atoms with E-state index in [0.29, 0.717) is 19.2 Å². The van der Waals surface area contributed by atoms with Crippen molar-refractivity contribution in [1.29, 1.82) is 0 Å². The van der Waals surface area contributed by atoms with Crippen LogP contribution in [-0.2, 0) is 10.9 Å². The third kappa shape index (κ3) is 5.62. The Morgan fingerprint density at radius 2 is 1.72 bits per heavy atom. The van der Waals surface area contributed by atoms with Crippen LogP contribution in [0.1, 0.15) is 35.2 Å². The molecule has 0 aromatic heterocycles. The molecule has 9 heteroatoms. The van der Waals surface area contributed by atoms with Crippen molar-refractivity contribution in [2.75, 3.05) is 19.6 Å². The monoisotopic (exact) mass is 369 g/mol. The number of piperidine rings is 1. The van der Waals surface area contributed by atoms with E-state index in [0.717, 1.165) is 37.5 Å². The van der Waals surface area contributed by atoms with Gasteiger partial charge in [0.05, 0.1) is 11.1 Å². The maximum atomic E-state index is 13.1. The van der Waals surface area contributed by atoms with E-state index < -0.39 is 42.1 Å². The van der Waals surface area contributed by atoms with E-state index in [4.69, 9.17) is 0 Å². The van der Waals surface area contributed by atoms with Gasteiger partial charge in [0.2, 0.25) is 6.10 Å². The molecule has 0 radical (unpaired) electrons. The highest BCUT2D eigenvalue weighted by molar-refractivity contribution is 5.89. The number of esters is 1. The van der Waals surface area contributed by atoms with Gasteiger partial charge in [-0.1, -0.05) is 12.5 Å². The average Bonchev–Trinajstić information content (AvgIpc) is 2.53. The smallest absolute Gasteiger partial charge is 0.426 e. The molecule has 1 aliphatic rings. The van der Waals surface area contributed by atoms with E-state index in [1.165, 1.54) is 0 Å². The summed E-state index contributed by atoms with van der Waals surface area (Å²) in [6, 6.07) is 3.15. The van der Waals surface area contributed by atoms with Gasteiger partial charge in [-0.25, -0.2) is 4.79 Å². The second-order valence-electron chi connectivity index (χ2n) is 5.88. The Balaban J connectivity index is 2.11. The molecule has 0 spiro atoms. The van der Waals surface area contributed by atoms with Crippen LogP contribution in [0.4, 0.5) is 26.3 Å². The molecule has 2 rings (SSSR count). The Hall–Kier alpha value is -1.77. The van der Waals surface area contributed by atoms with Crippen LogP contribution in [-0.4, -0.2) is 42.8 Å². The molecule has 1 unspecified atom stereocenters. The lowest BCUT2D eigenvalue weighted by Crippen LogP contribution is -2.45. The number of hydrogen-bond acceptors (Lipinski definition) is 3. The summed E-state index contributed by atoms with van der Waals surface area (Å²) in [5.41, 5.74) is -1.69. The van der Waals surface area contributed by atoms with Crippen molar-refractivity contribution >= 4 is 5.97 Å². The molecule has 1 aliphatic heterocycles. The second kappa shape index (κ2) is 7.63.